The molecule has 21 heavy (non-hydrogen) atoms. The number of ether oxygens (including phenoxy) is 1. The smallest absolute Gasteiger partial charge is 0.272 e. The van der Waals surface area contributed by atoms with E-state index in [1.54, 1.807) is 32.0 Å². The number of hydrogen-bond donors (Lipinski definition) is 2. The molecule has 0 fully saturated rings. The maximum atomic E-state index is 10.9. The number of benzene rings is 1. The molecule has 3 N–H and O–H groups in total. The molecule has 2 rings (SSSR count). The van der Waals surface area contributed by atoms with Crippen LogP contribution in [-0.4, -0.2) is 15.7 Å². The molecule has 0 bridgehead atoms. The molecule has 0 radical (unpaired) electrons. The Morgan fingerprint density at radius 3 is 2.57 bits per heavy atom. The summed E-state index contributed by atoms with van der Waals surface area (Å²) in [4.78, 5) is 14.5. The quantitative estimate of drug-likeness (QED) is 0.388. The van der Waals surface area contributed by atoms with E-state index >= 15 is 0 Å². The number of nitro groups is 1. The molecular weight excluding hydrogens is 272 g/mol. The van der Waals surface area contributed by atoms with Crippen LogP contribution in [0.2, 0.25) is 0 Å². The molecular formula is C14H14N4O3. The van der Waals surface area contributed by atoms with Gasteiger partial charge in [0, 0.05) is 29.5 Å². The highest BCUT2D eigenvalue weighted by atomic mass is 16.6. The lowest BCUT2D eigenvalue weighted by atomic mass is 10.1. The van der Waals surface area contributed by atoms with E-state index in [0.717, 1.165) is 0 Å². The number of nitro benzene ring substituents is 1. The molecule has 0 saturated heterocycles. The van der Waals surface area contributed by atoms with Gasteiger partial charge in [0.25, 0.3) is 5.69 Å². The molecule has 108 valence electrons. The van der Waals surface area contributed by atoms with Gasteiger partial charge < -0.3 is 10.5 Å². The van der Waals surface area contributed by atoms with Gasteiger partial charge >= 0.3 is 0 Å². The van der Waals surface area contributed by atoms with E-state index in [1.807, 2.05) is 0 Å². The lowest BCUT2D eigenvalue weighted by molar-refractivity contribution is -0.385. The number of nitrogens with two attached hydrogens (primary N) is 1. The Hall–Kier alpha value is -2.96. The molecule has 1 aromatic carbocycles. The van der Waals surface area contributed by atoms with Crippen molar-refractivity contribution in [2.75, 3.05) is 0 Å². The molecule has 0 aliphatic carbocycles. The summed E-state index contributed by atoms with van der Waals surface area (Å²) in [5.41, 5.74) is 7.06. The van der Waals surface area contributed by atoms with Gasteiger partial charge in [0.1, 0.15) is 11.6 Å². The summed E-state index contributed by atoms with van der Waals surface area (Å²) >= 11 is 0. The van der Waals surface area contributed by atoms with Crippen molar-refractivity contribution in [3.63, 3.8) is 0 Å². The van der Waals surface area contributed by atoms with Crippen LogP contribution in [-0.2, 0) is 0 Å². The van der Waals surface area contributed by atoms with Crippen LogP contribution >= 0.6 is 0 Å². The van der Waals surface area contributed by atoms with Gasteiger partial charge in [0.05, 0.1) is 4.92 Å². The van der Waals surface area contributed by atoms with Gasteiger partial charge in [-0.25, -0.2) is 4.98 Å². The van der Waals surface area contributed by atoms with E-state index in [4.69, 9.17) is 15.9 Å². The fraction of sp³-hybridized carbons (Fsp3) is 0.143. The molecule has 0 atom stereocenters. The van der Waals surface area contributed by atoms with Gasteiger partial charge in [-0.05, 0) is 31.5 Å². The summed E-state index contributed by atoms with van der Waals surface area (Å²) in [5, 5.41) is 18.2. The average Bonchev–Trinajstić information content (AvgIpc) is 2.42. The third-order valence-corrected chi connectivity index (χ3v) is 2.95. The highest BCUT2D eigenvalue weighted by Gasteiger charge is 2.14. The van der Waals surface area contributed by atoms with Crippen molar-refractivity contribution < 1.29 is 9.66 Å². The second kappa shape index (κ2) is 5.58. The Morgan fingerprint density at radius 2 is 2.05 bits per heavy atom. The topological polar surface area (TPSA) is 115 Å². The molecule has 0 spiro atoms. The Labute approximate surface area is 121 Å². The largest absolute Gasteiger partial charge is 0.439 e. The Morgan fingerprint density at radius 1 is 1.33 bits per heavy atom. The molecule has 0 saturated carbocycles. The third kappa shape index (κ3) is 3.14. The number of hydrogen-bond acceptors (Lipinski definition) is 5. The first kappa shape index (κ1) is 14.4. The molecule has 0 amide bonds. The molecule has 1 aromatic heterocycles. The number of pyridine rings is 1. The minimum atomic E-state index is -0.425. The van der Waals surface area contributed by atoms with Crippen molar-refractivity contribution in [3.8, 4) is 11.6 Å². The predicted octanol–water partition coefficient (Wildman–Crippen LogP) is 2.68. The van der Waals surface area contributed by atoms with Crippen LogP contribution in [0.15, 0.2) is 30.5 Å². The van der Waals surface area contributed by atoms with Crippen LogP contribution in [0.3, 0.4) is 0 Å². The standard InChI is InChI=1S/C14H14N4O3/c1-8-6-12(9(2)5-11(8)18(19)20)21-13-4-3-10(7-17-13)14(15)16/h3-7H,1-2H3,(H3,15,16). The predicted molar refractivity (Wildman–Crippen MR) is 77.9 cm³/mol. The first-order chi connectivity index (χ1) is 9.88. The average molecular weight is 286 g/mol. The lowest BCUT2D eigenvalue weighted by Gasteiger charge is -2.09. The lowest BCUT2D eigenvalue weighted by Crippen LogP contribution is -2.11. The molecule has 0 unspecified atom stereocenters. The van der Waals surface area contributed by atoms with Crippen LogP contribution < -0.4 is 10.5 Å². The molecule has 2 aromatic rings. The monoisotopic (exact) mass is 286 g/mol. The van der Waals surface area contributed by atoms with Crippen LogP contribution in [0.25, 0.3) is 0 Å². The zero-order valence-corrected chi connectivity index (χ0v) is 11.6. The van der Waals surface area contributed by atoms with Crippen molar-refractivity contribution >= 4 is 11.5 Å². The van der Waals surface area contributed by atoms with Crippen molar-refractivity contribution in [2.24, 2.45) is 5.73 Å². The second-order valence-corrected chi connectivity index (χ2v) is 4.56. The van der Waals surface area contributed by atoms with E-state index < -0.39 is 4.92 Å². The minimum Gasteiger partial charge on any atom is -0.439 e. The molecule has 1 heterocycles. The molecule has 0 aliphatic heterocycles. The van der Waals surface area contributed by atoms with E-state index in [9.17, 15) is 10.1 Å². The van der Waals surface area contributed by atoms with Gasteiger partial charge in [-0.2, -0.15) is 0 Å². The van der Waals surface area contributed by atoms with E-state index in [-0.39, 0.29) is 11.5 Å². The van der Waals surface area contributed by atoms with Gasteiger partial charge in [-0.3, -0.25) is 15.5 Å². The molecule has 0 aliphatic rings. The van der Waals surface area contributed by atoms with Crippen LogP contribution in [0.4, 0.5) is 5.69 Å². The van der Waals surface area contributed by atoms with Gasteiger partial charge in [0.15, 0.2) is 0 Å². The zero-order chi connectivity index (χ0) is 15.6. The van der Waals surface area contributed by atoms with Crippen LogP contribution in [0.5, 0.6) is 11.6 Å². The zero-order valence-electron chi connectivity index (χ0n) is 11.6. The number of amidine groups is 1. The number of nitrogens with zero attached hydrogens (tertiary/aromatic N) is 2. The van der Waals surface area contributed by atoms with Gasteiger partial charge in [-0.15, -0.1) is 0 Å². The maximum absolute atomic E-state index is 10.9. The van der Waals surface area contributed by atoms with Crippen molar-refractivity contribution in [1.82, 2.24) is 4.98 Å². The summed E-state index contributed by atoms with van der Waals surface area (Å²) in [6.45, 7) is 3.38. The van der Waals surface area contributed by atoms with Gasteiger partial charge in [-0.1, -0.05) is 0 Å². The molecule has 7 heteroatoms. The first-order valence-corrected chi connectivity index (χ1v) is 6.12. The maximum Gasteiger partial charge on any atom is 0.272 e. The fourth-order valence-corrected chi connectivity index (χ4v) is 1.79. The Kier molecular flexibility index (Phi) is 3.84. The van der Waals surface area contributed by atoms with Crippen molar-refractivity contribution in [2.45, 2.75) is 13.8 Å². The fourth-order valence-electron chi connectivity index (χ4n) is 1.79. The van der Waals surface area contributed by atoms with E-state index in [0.29, 0.717) is 28.3 Å². The Balaban J connectivity index is 2.29. The summed E-state index contributed by atoms with van der Waals surface area (Å²) < 4.78 is 5.61. The third-order valence-electron chi connectivity index (χ3n) is 2.95. The van der Waals surface area contributed by atoms with E-state index in [2.05, 4.69) is 4.98 Å². The Bertz CT molecular complexity index is 711. The highest BCUT2D eigenvalue weighted by molar-refractivity contribution is 5.94. The summed E-state index contributed by atoms with van der Waals surface area (Å²) in [7, 11) is 0. The van der Waals surface area contributed by atoms with Crippen LogP contribution in [0, 0.1) is 29.4 Å². The van der Waals surface area contributed by atoms with Crippen molar-refractivity contribution in [1.29, 1.82) is 5.41 Å². The number of rotatable bonds is 4. The number of aryl methyl sites for hydroxylation is 2. The summed E-state index contributed by atoms with van der Waals surface area (Å²) in [6, 6.07) is 6.29. The SMILES string of the molecule is Cc1cc([N+](=O)[O-])c(C)cc1Oc1ccc(C(=N)N)cn1. The number of nitrogen functional groups attached to an aromatic ring is 1. The van der Waals surface area contributed by atoms with Crippen LogP contribution in [0.1, 0.15) is 16.7 Å². The van der Waals surface area contributed by atoms with Gasteiger partial charge in [0.2, 0.25) is 5.88 Å². The highest BCUT2D eigenvalue weighted by Crippen LogP contribution is 2.30. The first-order valence-electron chi connectivity index (χ1n) is 6.12. The summed E-state index contributed by atoms with van der Waals surface area (Å²) in [6.07, 6.45) is 1.44. The minimum absolute atomic E-state index is 0.0553. The number of nitrogens with one attached hydrogen (secondary N) is 1. The second-order valence-electron chi connectivity index (χ2n) is 4.56. The molecule has 7 nitrogen and oxygen atoms in total. The van der Waals surface area contributed by atoms with E-state index in [1.165, 1.54) is 12.3 Å². The normalized spacial score (nSPS) is 10.2. The van der Waals surface area contributed by atoms with Crippen molar-refractivity contribution in [3.05, 3.63) is 57.3 Å². The summed E-state index contributed by atoms with van der Waals surface area (Å²) in [5.74, 6) is 0.758. The number of aromatic nitrogens is 1.